The predicted octanol–water partition coefficient (Wildman–Crippen LogP) is 3.56. The fraction of sp³-hybridized carbons (Fsp3) is 0.400. The molecule has 0 aliphatic heterocycles. The van der Waals surface area contributed by atoms with Gasteiger partial charge in [-0.25, -0.2) is 0 Å². The van der Waals surface area contributed by atoms with Crippen LogP contribution in [0.5, 0.6) is 5.75 Å². The van der Waals surface area contributed by atoms with E-state index in [1.165, 1.54) is 0 Å². The Morgan fingerprint density at radius 3 is 2.95 bits per heavy atom. The quantitative estimate of drug-likeness (QED) is 0.483. The second kappa shape index (κ2) is 7.73. The van der Waals surface area contributed by atoms with E-state index in [1.54, 1.807) is 10.9 Å². The summed E-state index contributed by atoms with van der Waals surface area (Å²) in [6, 6.07) is 7.84. The molecule has 6 heteroatoms. The van der Waals surface area contributed by atoms with Crippen LogP contribution in [0.15, 0.2) is 29.4 Å². The molecule has 0 aliphatic rings. The zero-order chi connectivity index (χ0) is 15.1. The Morgan fingerprint density at radius 1 is 1.38 bits per heavy atom. The number of rotatable bonds is 7. The average molecular weight is 304 g/mol. The molecular weight excluding hydrogens is 284 g/mol. The number of aromatic nitrogens is 3. The molecule has 0 bridgehead atoms. The van der Waals surface area contributed by atoms with Crippen molar-refractivity contribution in [1.82, 2.24) is 14.9 Å². The van der Waals surface area contributed by atoms with Crippen molar-refractivity contribution in [2.45, 2.75) is 33.1 Å². The maximum atomic E-state index is 5.78. The first-order valence-corrected chi connectivity index (χ1v) is 7.59. The van der Waals surface area contributed by atoms with Crippen molar-refractivity contribution < 1.29 is 4.74 Å². The lowest BCUT2D eigenvalue weighted by molar-refractivity contribution is 0.309. The maximum Gasteiger partial charge on any atom is 0.216 e. The molecule has 1 heterocycles. The molecule has 0 aliphatic carbocycles. The van der Waals surface area contributed by atoms with Gasteiger partial charge in [-0.1, -0.05) is 32.4 Å². The number of nitrogens with one attached hydrogen (secondary N) is 1. The smallest absolute Gasteiger partial charge is 0.216 e. The molecule has 0 radical (unpaired) electrons. The van der Waals surface area contributed by atoms with Crippen molar-refractivity contribution in [2.24, 2.45) is 5.10 Å². The number of hydrogen-bond donors (Lipinski definition) is 1. The zero-order valence-electron chi connectivity index (χ0n) is 12.4. The van der Waals surface area contributed by atoms with Gasteiger partial charge >= 0.3 is 0 Å². The molecule has 0 amide bonds. The molecule has 0 spiro atoms. The van der Waals surface area contributed by atoms with Gasteiger partial charge in [0.05, 0.1) is 12.8 Å². The van der Waals surface area contributed by atoms with Gasteiger partial charge in [0.1, 0.15) is 5.75 Å². The van der Waals surface area contributed by atoms with E-state index in [0.29, 0.717) is 11.4 Å². The third kappa shape index (κ3) is 4.01. The van der Waals surface area contributed by atoms with Crippen LogP contribution in [0, 0.1) is 4.77 Å². The van der Waals surface area contributed by atoms with E-state index < -0.39 is 0 Å². The van der Waals surface area contributed by atoms with Gasteiger partial charge in [-0.3, -0.25) is 5.10 Å². The summed E-state index contributed by atoms with van der Waals surface area (Å²) >= 11 is 5.17. The Balaban J connectivity index is 2.20. The predicted molar refractivity (Wildman–Crippen MR) is 86.6 cm³/mol. The molecule has 21 heavy (non-hydrogen) atoms. The van der Waals surface area contributed by atoms with Crippen LogP contribution in [-0.4, -0.2) is 27.7 Å². The largest absolute Gasteiger partial charge is 0.493 e. The van der Waals surface area contributed by atoms with Crippen LogP contribution < -0.4 is 4.74 Å². The minimum absolute atomic E-state index is 0.493. The Bertz CT molecular complexity index is 660. The Morgan fingerprint density at radius 2 is 2.19 bits per heavy atom. The second-order valence-electron chi connectivity index (χ2n) is 4.59. The minimum atomic E-state index is 0.493. The number of benzene rings is 1. The number of ether oxygens (including phenoxy) is 1. The lowest BCUT2D eigenvalue weighted by Gasteiger charge is -2.08. The van der Waals surface area contributed by atoms with E-state index in [2.05, 4.69) is 22.2 Å². The topological polar surface area (TPSA) is 55.2 Å². The summed E-state index contributed by atoms with van der Waals surface area (Å²) in [6.45, 7) is 4.87. The first-order chi connectivity index (χ1) is 10.3. The number of hydrogen-bond acceptors (Lipinski definition) is 4. The molecule has 0 atom stereocenters. The first-order valence-electron chi connectivity index (χ1n) is 7.18. The van der Waals surface area contributed by atoms with Gasteiger partial charge in [0.25, 0.3) is 0 Å². The average Bonchev–Trinajstić information content (AvgIpc) is 2.87. The van der Waals surface area contributed by atoms with E-state index in [9.17, 15) is 0 Å². The van der Waals surface area contributed by atoms with Gasteiger partial charge < -0.3 is 4.74 Å². The molecule has 112 valence electrons. The molecule has 1 N–H and O–H groups in total. The van der Waals surface area contributed by atoms with Crippen molar-refractivity contribution in [3.8, 4) is 5.75 Å². The third-order valence-corrected chi connectivity index (χ3v) is 3.28. The summed E-state index contributed by atoms with van der Waals surface area (Å²) in [4.78, 5) is 0. The summed E-state index contributed by atoms with van der Waals surface area (Å²) in [5, 5.41) is 11.3. The van der Waals surface area contributed by atoms with Crippen LogP contribution in [-0.2, 0) is 6.42 Å². The molecule has 1 aromatic carbocycles. The molecular formula is C15H20N4OS. The van der Waals surface area contributed by atoms with Gasteiger partial charge in [-0.05, 0) is 30.8 Å². The van der Waals surface area contributed by atoms with Crippen molar-refractivity contribution in [1.29, 1.82) is 0 Å². The Kier molecular flexibility index (Phi) is 5.68. The van der Waals surface area contributed by atoms with Crippen molar-refractivity contribution in [3.63, 3.8) is 0 Å². The summed E-state index contributed by atoms with van der Waals surface area (Å²) in [7, 11) is 0. The van der Waals surface area contributed by atoms with Gasteiger partial charge in [-0.15, -0.1) is 0 Å². The number of aryl methyl sites for hydroxylation is 1. The molecule has 2 aromatic rings. The molecule has 2 rings (SSSR count). The van der Waals surface area contributed by atoms with Crippen LogP contribution in [0.1, 0.15) is 38.1 Å². The summed E-state index contributed by atoms with van der Waals surface area (Å²) < 4.78 is 7.91. The number of nitrogens with zero attached hydrogens (tertiary/aromatic N) is 3. The van der Waals surface area contributed by atoms with Gasteiger partial charge in [0.2, 0.25) is 4.77 Å². The molecule has 0 unspecified atom stereocenters. The second-order valence-corrected chi connectivity index (χ2v) is 4.98. The fourth-order valence-corrected chi connectivity index (χ4v) is 2.04. The van der Waals surface area contributed by atoms with Crippen LogP contribution >= 0.6 is 12.2 Å². The van der Waals surface area contributed by atoms with E-state index in [0.717, 1.165) is 36.4 Å². The third-order valence-electron chi connectivity index (χ3n) is 3.02. The van der Waals surface area contributed by atoms with Crippen LogP contribution in [0.2, 0.25) is 0 Å². The highest BCUT2D eigenvalue weighted by Gasteiger charge is 2.03. The molecule has 0 saturated heterocycles. The van der Waals surface area contributed by atoms with Crippen molar-refractivity contribution in [2.75, 3.05) is 6.61 Å². The summed E-state index contributed by atoms with van der Waals surface area (Å²) in [5.74, 6) is 1.64. The zero-order valence-corrected chi connectivity index (χ0v) is 13.2. The van der Waals surface area contributed by atoms with Gasteiger partial charge in [-0.2, -0.15) is 14.9 Å². The highest BCUT2D eigenvalue weighted by atomic mass is 32.1. The van der Waals surface area contributed by atoms with Crippen LogP contribution in [0.3, 0.4) is 0 Å². The number of unbranched alkanes of at least 4 members (excludes halogenated alkanes) is 1. The Labute approximate surface area is 129 Å². The highest BCUT2D eigenvalue weighted by molar-refractivity contribution is 7.71. The lowest BCUT2D eigenvalue weighted by atomic mass is 10.2. The molecule has 1 aromatic heterocycles. The monoisotopic (exact) mass is 304 g/mol. The van der Waals surface area contributed by atoms with Gasteiger partial charge in [0, 0.05) is 12.0 Å². The molecule has 0 saturated carbocycles. The fourth-order valence-electron chi connectivity index (χ4n) is 1.84. The Hall–Kier alpha value is -1.95. The summed E-state index contributed by atoms with van der Waals surface area (Å²) in [5.41, 5.74) is 0.929. The van der Waals surface area contributed by atoms with Crippen LogP contribution in [0.25, 0.3) is 0 Å². The number of para-hydroxylation sites is 1. The standard InChI is InChI=1S/C15H20N4OS/c1-3-5-10-20-13-9-7-6-8-12(13)11-16-19-14(4-2)17-18-15(19)21/h6-9,11H,3-5,10H2,1-2H3,(H,18,21)/b16-11+. The molecule has 0 fully saturated rings. The SMILES string of the molecule is CCCCOc1ccccc1/C=N/n1c(CC)n[nH]c1=S. The minimum Gasteiger partial charge on any atom is -0.493 e. The number of aromatic amines is 1. The first kappa shape index (κ1) is 15.4. The lowest BCUT2D eigenvalue weighted by Crippen LogP contribution is -2.01. The van der Waals surface area contributed by atoms with Gasteiger partial charge in [0.15, 0.2) is 5.82 Å². The van der Waals surface area contributed by atoms with E-state index >= 15 is 0 Å². The summed E-state index contributed by atoms with van der Waals surface area (Å²) in [6.07, 6.45) is 4.67. The van der Waals surface area contributed by atoms with E-state index in [4.69, 9.17) is 17.0 Å². The number of H-pyrrole nitrogens is 1. The van der Waals surface area contributed by atoms with Crippen LogP contribution in [0.4, 0.5) is 0 Å². The molecule has 5 nitrogen and oxygen atoms in total. The van der Waals surface area contributed by atoms with E-state index in [1.807, 2.05) is 31.2 Å². The van der Waals surface area contributed by atoms with Crippen molar-refractivity contribution >= 4 is 18.4 Å². The highest BCUT2D eigenvalue weighted by Crippen LogP contribution is 2.16. The maximum absolute atomic E-state index is 5.78. The normalized spacial score (nSPS) is 11.1. The van der Waals surface area contributed by atoms with E-state index in [-0.39, 0.29) is 0 Å². The van der Waals surface area contributed by atoms with Crippen molar-refractivity contribution in [3.05, 3.63) is 40.4 Å².